The van der Waals surface area contributed by atoms with Crippen molar-refractivity contribution in [2.45, 2.75) is 47.0 Å². The van der Waals surface area contributed by atoms with Gasteiger partial charge in [-0.1, -0.05) is 11.6 Å². The van der Waals surface area contributed by atoms with Crippen molar-refractivity contribution in [3.05, 3.63) is 62.8 Å². The number of benzene rings is 2. The van der Waals surface area contributed by atoms with Gasteiger partial charge in [-0.3, -0.25) is 14.2 Å². The second kappa shape index (κ2) is 11.9. The number of aliphatic hydroxyl groups excluding tert-OH is 1. The molecule has 222 valence electrons. The van der Waals surface area contributed by atoms with Crippen LogP contribution in [0.5, 0.6) is 11.5 Å². The summed E-state index contributed by atoms with van der Waals surface area (Å²) < 4.78 is 80.1. The van der Waals surface area contributed by atoms with Crippen LogP contribution in [0.2, 0.25) is 5.02 Å². The van der Waals surface area contributed by atoms with E-state index in [1.54, 1.807) is 27.7 Å². The predicted octanol–water partition coefficient (Wildman–Crippen LogP) is 4.62. The standard InChI is InChI=1S/C25H24ClF5N4O6/c1-5-34-19(10-36)33-35(23(34)39)17-9-18(40-11-25(29,30)31)13(8-15(17)27)21(37)32-20-14(26)6-12(7-16(20)28)41-22(38)24(2,3)4/h6-9,36H,5,10-11H2,1-4H3,(H,32,37). The number of hydrogen-bond donors (Lipinski definition) is 2. The average Bonchev–Trinajstić information content (AvgIpc) is 3.19. The number of carbonyl (C=O) groups excluding carboxylic acids is 2. The number of alkyl halides is 3. The van der Waals surface area contributed by atoms with Crippen LogP contribution in [0.1, 0.15) is 43.9 Å². The normalized spacial score (nSPS) is 11.9. The lowest BCUT2D eigenvalue weighted by Crippen LogP contribution is -2.26. The lowest BCUT2D eigenvalue weighted by atomic mass is 9.97. The second-order valence-electron chi connectivity index (χ2n) is 9.57. The zero-order valence-corrected chi connectivity index (χ0v) is 22.8. The highest BCUT2D eigenvalue weighted by Crippen LogP contribution is 2.33. The maximum absolute atomic E-state index is 15.2. The van der Waals surface area contributed by atoms with Gasteiger partial charge in [-0.25, -0.2) is 13.6 Å². The van der Waals surface area contributed by atoms with E-state index in [-0.39, 0.29) is 18.1 Å². The molecule has 3 aromatic rings. The summed E-state index contributed by atoms with van der Waals surface area (Å²) in [7, 11) is 0. The number of aliphatic hydroxyl groups is 1. The molecule has 0 spiro atoms. The van der Waals surface area contributed by atoms with E-state index in [0.717, 1.165) is 16.7 Å². The molecule has 0 unspecified atom stereocenters. The van der Waals surface area contributed by atoms with Crippen molar-refractivity contribution >= 4 is 29.2 Å². The van der Waals surface area contributed by atoms with Crippen LogP contribution in [0.4, 0.5) is 27.6 Å². The third-order valence-electron chi connectivity index (χ3n) is 5.39. The molecule has 16 heteroatoms. The lowest BCUT2D eigenvalue weighted by Gasteiger charge is -2.18. The zero-order chi connectivity index (χ0) is 30.9. The molecular formula is C25H24ClF5N4O6. The van der Waals surface area contributed by atoms with E-state index in [9.17, 15) is 37.1 Å². The summed E-state index contributed by atoms with van der Waals surface area (Å²) in [5.41, 5.74) is -3.99. The number of aromatic nitrogens is 3. The molecule has 1 heterocycles. The van der Waals surface area contributed by atoms with E-state index in [1.165, 1.54) is 0 Å². The Kier molecular flexibility index (Phi) is 9.13. The average molecular weight is 607 g/mol. The largest absolute Gasteiger partial charge is 0.483 e. The molecule has 2 aromatic carbocycles. The summed E-state index contributed by atoms with van der Waals surface area (Å²) >= 11 is 6.05. The maximum atomic E-state index is 15.2. The quantitative estimate of drug-likeness (QED) is 0.218. The van der Waals surface area contributed by atoms with Gasteiger partial charge in [0, 0.05) is 24.7 Å². The Morgan fingerprint density at radius 3 is 2.27 bits per heavy atom. The van der Waals surface area contributed by atoms with Gasteiger partial charge < -0.3 is 19.9 Å². The summed E-state index contributed by atoms with van der Waals surface area (Å²) in [6.45, 7) is 3.65. The summed E-state index contributed by atoms with van der Waals surface area (Å²) in [5.74, 6) is -5.75. The first-order valence-electron chi connectivity index (χ1n) is 11.8. The number of rotatable bonds is 8. The first-order valence-corrected chi connectivity index (χ1v) is 12.2. The van der Waals surface area contributed by atoms with E-state index >= 15 is 4.39 Å². The number of esters is 1. The Labute approximate surface area is 234 Å². The maximum Gasteiger partial charge on any atom is 0.422 e. The topological polar surface area (TPSA) is 125 Å². The van der Waals surface area contributed by atoms with Crippen molar-refractivity contribution in [3.8, 4) is 17.2 Å². The molecule has 1 amide bonds. The van der Waals surface area contributed by atoms with Crippen molar-refractivity contribution in [3.63, 3.8) is 0 Å². The predicted molar refractivity (Wildman–Crippen MR) is 135 cm³/mol. The highest BCUT2D eigenvalue weighted by Gasteiger charge is 2.31. The number of hydrogen-bond acceptors (Lipinski definition) is 7. The van der Waals surface area contributed by atoms with E-state index in [2.05, 4.69) is 5.10 Å². The van der Waals surface area contributed by atoms with Gasteiger partial charge >= 0.3 is 17.8 Å². The van der Waals surface area contributed by atoms with Gasteiger partial charge in [0.25, 0.3) is 5.91 Å². The fraction of sp³-hybridized carbons (Fsp3) is 0.360. The van der Waals surface area contributed by atoms with Crippen LogP contribution in [0.3, 0.4) is 0 Å². The smallest absolute Gasteiger partial charge is 0.422 e. The van der Waals surface area contributed by atoms with E-state index in [1.807, 2.05) is 5.32 Å². The summed E-state index contributed by atoms with van der Waals surface area (Å²) in [5, 5.41) is 14.8. The Hall–Kier alpha value is -3.98. The molecule has 0 saturated carbocycles. The van der Waals surface area contributed by atoms with E-state index in [0.29, 0.717) is 16.8 Å². The van der Waals surface area contributed by atoms with Crippen LogP contribution in [0.25, 0.3) is 5.69 Å². The molecule has 1 aromatic heterocycles. The number of ether oxygens (including phenoxy) is 2. The van der Waals surface area contributed by atoms with Crippen molar-refractivity contribution in [2.24, 2.45) is 5.41 Å². The molecule has 0 fully saturated rings. The Balaban J connectivity index is 2.04. The number of nitrogens with one attached hydrogen (secondary N) is 1. The SMILES string of the molecule is CCn1c(CO)nn(-c2cc(OCC(F)(F)F)c(C(=O)Nc3c(F)cc(OC(=O)C(C)(C)C)cc3Cl)cc2F)c1=O. The molecule has 0 aliphatic rings. The molecule has 10 nitrogen and oxygen atoms in total. The van der Waals surface area contributed by atoms with Crippen LogP contribution < -0.4 is 20.5 Å². The van der Waals surface area contributed by atoms with Crippen molar-refractivity contribution < 1.29 is 46.1 Å². The number of amides is 1. The molecule has 0 saturated heterocycles. The van der Waals surface area contributed by atoms with Gasteiger partial charge in [-0.2, -0.15) is 17.9 Å². The van der Waals surface area contributed by atoms with Gasteiger partial charge in [0.05, 0.1) is 21.7 Å². The third-order valence-corrected chi connectivity index (χ3v) is 5.69. The summed E-state index contributed by atoms with van der Waals surface area (Å²) in [6.07, 6.45) is -4.87. The minimum absolute atomic E-state index is 0.0365. The number of anilines is 1. The van der Waals surface area contributed by atoms with Crippen LogP contribution >= 0.6 is 11.6 Å². The molecule has 3 rings (SSSR count). The summed E-state index contributed by atoms with van der Waals surface area (Å²) in [4.78, 5) is 37.7. The minimum atomic E-state index is -4.87. The lowest BCUT2D eigenvalue weighted by molar-refractivity contribution is -0.153. The first-order chi connectivity index (χ1) is 19.0. The van der Waals surface area contributed by atoms with Gasteiger partial charge in [-0.15, -0.1) is 5.10 Å². The third kappa shape index (κ3) is 7.21. The molecule has 0 aliphatic carbocycles. The fourth-order valence-electron chi connectivity index (χ4n) is 3.36. The van der Waals surface area contributed by atoms with Crippen molar-refractivity contribution in [1.82, 2.24) is 14.3 Å². The number of carbonyl (C=O) groups is 2. The van der Waals surface area contributed by atoms with Crippen LogP contribution in [-0.2, 0) is 17.9 Å². The van der Waals surface area contributed by atoms with Crippen LogP contribution in [0, 0.1) is 17.0 Å². The number of halogens is 6. The molecule has 0 aliphatic heterocycles. The monoisotopic (exact) mass is 606 g/mol. The highest BCUT2D eigenvalue weighted by molar-refractivity contribution is 6.34. The molecular weight excluding hydrogens is 583 g/mol. The van der Waals surface area contributed by atoms with E-state index in [4.69, 9.17) is 21.1 Å². The van der Waals surface area contributed by atoms with E-state index < -0.39 is 81.7 Å². The molecule has 0 radical (unpaired) electrons. The van der Waals surface area contributed by atoms with Crippen LogP contribution in [0.15, 0.2) is 29.1 Å². The second-order valence-corrected chi connectivity index (χ2v) is 9.98. The van der Waals surface area contributed by atoms with Gasteiger partial charge in [-0.05, 0) is 33.8 Å². The van der Waals surface area contributed by atoms with Gasteiger partial charge in [0.1, 0.15) is 29.6 Å². The molecule has 2 N–H and O–H groups in total. The Morgan fingerprint density at radius 2 is 1.76 bits per heavy atom. The molecule has 41 heavy (non-hydrogen) atoms. The Bertz CT molecular complexity index is 1520. The minimum Gasteiger partial charge on any atom is -0.483 e. The fourth-order valence-corrected chi connectivity index (χ4v) is 3.60. The molecule has 0 atom stereocenters. The van der Waals surface area contributed by atoms with Gasteiger partial charge in [0.15, 0.2) is 18.2 Å². The molecule has 0 bridgehead atoms. The van der Waals surface area contributed by atoms with Crippen molar-refractivity contribution in [2.75, 3.05) is 11.9 Å². The van der Waals surface area contributed by atoms with Gasteiger partial charge in [0.2, 0.25) is 0 Å². The zero-order valence-electron chi connectivity index (χ0n) is 22.0. The Morgan fingerprint density at radius 1 is 1.10 bits per heavy atom. The first kappa shape index (κ1) is 31.5. The van der Waals surface area contributed by atoms with Crippen LogP contribution in [-0.4, -0.2) is 44.1 Å². The highest BCUT2D eigenvalue weighted by atomic mass is 35.5. The number of nitrogens with zero attached hydrogens (tertiary/aromatic N) is 3. The van der Waals surface area contributed by atoms with Crippen molar-refractivity contribution in [1.29, 1.82) is 0 Å². The summed E-state index contributed by atoms with van der Waals surface area (Å²) in [6, 6.07) is 2.87.